The highest BCUT2D eigenvalue weighted by molar-refractivity contribution is 6.29. The van der Waals surface area contributed by atoms with Crippen LogP contribution in [0.1, 0.15) is 29.4 Å². The second-order valence-electron chi connectivity index (χ2n) is 4.62. The van der Waals surface area contributed by atoms with E-state index in [1.807, 2.05) is 25.1 Å². The van der Waals surface area contributed by atoms with Crippen LogP contribution in [-0.2, 0) is 0 Å². The predicted octanol–water partition coefficient (Wildman–Crippen LogP) is 4.08. The number of aromatic nitrogens is 1. The standard InChI is InChI=1S/C16H17ClN2O2/c1-3-8-21-14-7-5-4-6-13(14)19-16(20)12-9-11(2)18-15(17)10-12/h4-7,9-10H,3,8H2,1-2H3,(H,19,20). The van der Waals surface area contributed by atoms with Crippen LogP contribution in [0.15, 0.2) is 36.4 Å². The van der Waals surface area contributed by atoms with Gasteiger partial charge in [-0.15, -0.1) is 0 Å². The van der Waals surface area contributed by atoms with Gasteiger partial charge in [0.2, 0.25) is 0 Å². The molecule has 0 radical (unpaired) electrons. The summed E-state index contributed by atoms with van der Waals surface area (Å²) in [6.07, 6.45) is 0.904. The SMILES string of the molecule is CCCOc1ccccc1NC(=O)c1cc(C)nc(Cl)c1. The number of aryl methyl sites for hydroxylation is 1. The number of nitrogens with zero attached hydrogens (tertiary/aromatic N) is 1. The smallest absolute Gasteiger partial charge is 0.255 e. The molecule has 0 aliphatic heterocycles. The maximum absolute atomic E-state index is 12.3. The molecule has 1 N–H and O–H groups in total. The van der Waals surface area contributed by atoms with Gasteiger partial charge < -0.3 is 10.1 Å². The topological polar surface area (TPSA) is 51.2 Å². The van der Waals surface area contributed by atoms with Crippen LogP contribution >= 0.6 is 11.6 Å². The summed E-state index contributed by atoms with van der Waals surface area (Å²) in [7, 11) is 0. The Kier molecular flexibility index (Phi) is 5.17. The van der Waals surface area contributed by atoms with E-state index in [9.17, 15) is 4.79 Å². The van der Waals surface area contributed by atoms with Gasteiger partial charge >= 0.3 is 0 Å². The van der Waals surface area contributed by atoms with Gasteiger partial charge in [-0.1, -0.05) is 30.7 Å². The molecule has 0 spiro atoms. The lowest BCUT2D eigenvalue weighted by molar-refractivity contribution is 0.102. The van der Waals surface area contributed by atoms with Gasteiger partial charge in [-0.2, -0.15) is 0 Å². The highest BCUT2D eigenvalue weighted by Gasteiger charge is 2.11. The van der Waals surface area contributed by atoms with Crippen molar-refractivity contribution >= 4 is 23.2 Å². The lowest BCUT2D eigenvalue weighted by atomic mass is 10.2. The molecule has 0 saturated carbocycles. The number of nitrogens with one attached hydrogen (secondary N) is 1. The van der Waals surface area contributed by atoms with E-state index in [4.69, 9.17) is 16.3 Å². The van der Waals surface area contributed by atoms with E-state index >= 15 is 0 Å². The summed E-state index contributed by atoms with van der Waals surface area (Å²) in [5, 5.41) is 3.14. The summed E-state index contributed by atoms with van der Waals surface area (Å²) in [4.78, 5) is 16.3. The van der Waals surface area contributed by atoms with Crippen molar-refractivity contribution < 1.29 is 9.53 Å². The van der Waals surface area contributed by atoms with E-state index in [1.54, 1.807) is 25.1 Å². The fraction of sp³-hybridized carbons (Fsp3) is 0.250. The minimum Gasteiger partial charge on any atom is -0.491 e. The largest absolute Gasteiger partial charge is 0.491 e. The lowest BCUT2D eigenvalue weighted by Gasteiger charge is -2.12. The highest BCUT2D eigenvalue weighted by Crippen LogP contribution is 2.24. The molecule has 0 saturated heterocycles. The molecule has 1 heterocycles. The number of rotatable bonds is 5. The number of amides is 1. The van der Waals surface area contributed by atoms with Gasteiger partial charge in [-0.05, 0) is 37.6 Å². The van der Waals surface area contributed by atoms with Crippen molar-refractivity contribution in [3.63, 3.8) is 0 Å². The molecule has 2 rings (SSSR count). The predicted molar refractivity (Wildman–Crippen MR) is 84.2 cm³/mol. The zero-order valence-electron chi connectivity index (χ0n) is 12.0. The van der Waals surface area contributed by atoms with Crippen LogP contribution in [0, 0.1) is 6.92 Å². The maximum Gasteiger partial charge on any atom is 0.255 e. The molecule has 1 amide bonds. The molecule has 4 nitrogen and oxygen atoms in total. The van der Waals surface area contributed by atoms with Gasteiger partial charge in [0.15, 0.2) is 0 Å². The molecule has 0 aliphatic carbocycles. The van der Waals surface area contributed by atoms with E-state index in [1.165, 1.54) is 0 Å². The van der Waals surface area contributed by atoms with Crippen molar-refractivity contribution in [3.8, 4) is 5.75 Å². The number of pyridine rings is 1. The van der Waals surface area contributed by atoms with Crippen LogP contribution in [0.5, 0.6) is 5.75 Å². The highest BCUT2D eigenvalue weighted by atomic mass is 35.5. The molecule has 2 aromatic rings. The Morgan fingerprint density at radius 2 is 2.10 bits per heavy atom. The minimum atomic E-state index is -0.241. The Bertz CT molecular complexity index is 624. The zero-order valence-corrected chi connectivity index (χ0v) is 12.8. The number of hydrogen-bond donors (Lipinski definition) is 1. The number of benzene rings is 1. The van der Waals surface area contributed by atoms with Crippen LogP contribution in [0.2, 0.25) is 5.15 Å². The van der Waals surface area contributed by atoms with Gasteiger partial charge in [0.1, 0.15) is 10.9 Å². The number of carbonyl (C=O) groups excluding carboxylic acids is 1. The summed E-state index contributed by atoms with van der Waals surface area (Å²) < 4.78 is 5.62. The Balaban J connectivity index is 2.19. The fourth-order valence-corrected chi connectivity index (χ4v) is 2.11. The number of para-hydroxylation sites is 2. The van der Waals surface area contributed by atoms with Crippen molar-refractivity contribution in [1.82, 2.24) is 4.98 Å². The van der Waals surface area contributed by atoms with E-state index in [0.29, 0.717) is 34.5 Å². The maximum atomic E-state index is 12.3. The van der Waals surface area contributed by atoms with E-state index in [2.05, 4.69) is 10.3 Å². The third-order valence-corrected chi connectivity index (χ3v) is 2.97. The number of hydrogen-bond acceptors (Lipinski definition) is 3. The van der Waals surface area contributed by atoms with Gasteiger partial charge in [0.05, 0.1) is 12.3 Å². The molecule has 0 fully saturated rings. The molecule has 21 heavy (non-hydrogen) atoms. The summed E-state index contributed by atoms with van der Waals surface area (Å²) in [6, 6.07) is 10.6. The molecule has 1 aromatic carbocycles. The molecule has 0 unspecified atom stereocenters. The first-order valence-electron chi connectivity index (χ1n) is 6.77. The van der Waals surface area contributed by atoms with Crippen molar-refractivity contribution in [2.45, 2.75) is 20.3 Å². The first-order chi connectivity index (χ1) is 10.1. The quantitative estimate of drug-likeness (QED) is 0.847. The average molecular weight is 305 g/mol. The normalized spacial score (nSPS) is 10.2. The van der Waals surface area contributed by atoms with E-state index in [0.717, 1.165) is 6.42 Å². The molecule has 0 bridgehead atoms. The van der Waals surface area contributed by atoms with Crippen LogP contribution in [-0.4, -0.2) is 17.5 Å². The first-order valence-corrected chi connectivity index (χ1v) is 7.15. The second-order valence-corrected chi connectivity index (χ2v) is 5.01. The molecular weight excluding hydrogens is 288 g/mol. The van der Waals surface area contributed by atoms with Crippen molar-refractivity contribution in [2.75, 3.05) is 11.9 Å². The van der Waals surface area contributed by atoms with Crippen molar-refractivity contribution in [1.29, 1.82) is 0 Å². The molecular formula is C16H17ClN2O2. The third kappa shape index (κ3) is 4.20. The van der Waals surface area contributed by atoms with E-state index in [-0.39, 0.29) is 5.91 Å². The Hall–Kier alpha value is -2.07. The first kappa shape index (κ1) is 15.3. The van der Waals surface area contributed by atoms with Crippen LogP contribution in [0.4, 0.5) is 5.69 Å². The number of ether oxygens (including phenoxy) is 1. The number of anilines is 1. The van der Waals surface area contributed by atoms with Gasteiger partial charge in [0.25, 0.3) is 5.91 Å². The van der Waals surface area contributed by atoms with Crippen LogP contribution in [0.3, 0.4) is 0 Å². The second kappa shape index (κ2) is 7.09. The van der Waals surface area contributed by atoms with Gasteiger partial charge in [-0.25, -0.2) is 4.98 Å². The molecule has 0 aliphatic rings. The summed E-state index contributed by atoms with van der Waals surface area (Å²) in [5.74, 6) is 0.416. The molecule has 1 aromatic heterocycles. The van der Waals surface area contributed by atoms with Crippen molar-refractivity contribution in [2.24, 2.45) is 0 Å². The monoisotopic (exact) mass is 304 g/mol. The zero-order chi connectivity index (χ0) is 15.2. The van der Waals surface area contributed by atoms with Crippen LogP contribution in [0.25, 0.3) is 0 Å². The summed E-state index contributed by atoms with van der Waals surface area (Å²) >= 11 is 5.88. The summed E-state index contributed by atoms with van der Waals surface area (Å²) in [5.41, 5.74) is 1.81. The summed E-state index contributed by atoms with van der Waals surface area (Å²) in [6.45, 7) is 4.43. The van der Waals surface area contributed by atoms with Gasteiger partial charge in [-0.3, -0.25) is 4.79 Å². The molecule has 0 atom stereocenters. The van der Waals surface area contributed by atoms with Crippen LogP contribution < -0.4 is 10.1 Å². The van der Waals surface area contributed by atoms with E-state index < -0.39 is 0 Å². The minimum absolute atomic E-state index is 0.241. The van der Waals surface area contributed by atoms with Gasteiger partial charge in [0, 0.05) is 11.3 Å². The Labute approximate surface area is 129 Å². The number of carbonyl (C=O) groups is 1. The number of halogens is 1. The Morgan fingerprint density at radius 1 is 1.33 bits per heavy atom. The third-order valence-electron chi connectivity index (χ3n) is 2.78. The molecule has 110 valence electrons. The lowest BCUT2D eigenvalue weighted by Crippen LogP contribution is -2.13. The van der Waals surface area contributed by atoms with Crippen molar-refractivity contribution in [3.05, 3.63) is 52.8 Å². The molecule has 5 heteroatoms. The Morgan fingerprint density at radius 3 is 2.81 bits per heavy atom. The fourth-order valence-electron chi connectivity index (χ4n) is 1.86. The average Bonchev–Trinajstić information content (AvgIpc) is 2.45.